The van der Waals surface area contributed by atoms with Crippen molar-refractivity contribution in [1.29, 1.82) is 0 Å². The Hall–Kier alpha value is -2.48. The number of anilines is 1. The topological polar surface area (TPSA) is 94.0 Å². The molecule has 8 heteroatoms. The Balaban J connectivity index is 1.42. The lowest BCUT2D eigenvalue weighted by Gasteiger charge is -2.33. The Morgan fingerprint density at radius 3 is 3.00 bits per heavy atom. The fourth-order valence-corrected chi connectivity index (χ4v) is 3.03. The molecule has 0 radical (unpaired) electrons. The van der Waals surface area contributed by atoms with E-state index in [0.717, 1.165) is 25.1 Å². The summed E-state index contributed by atoms with van der Waals surface area (Å²) in [4.78, 5) is 21.0. The van der Waals surface area contributed by atoms with E-state index in [2.05, 4.69) is 25.7 Å². The summed E-state index contributed by atoms with van der Waals surface area (Å²) in [5, 5.41) is 10.8. The lowest BCUT2D eigenvalue weighted by molar-refractivity contribution is 0.0620. The highest BCUT2D eigenvalue weighted by Crippen LogP contribution is 2.34. The van der Waals surface area contributed by atoms with Gasteiger partial charge in [0.2, 0.25) is 0 Å². The average molecular weight is 342 g/mol. The summed E-state index contributed by atoms with van der Waals surface area (Å²) in [6.45, 7) is 3.00. The van der Waals surface area contributed by atoms with E-state index in [1.807, 2.05) is 23.9 Å². The molecule has 2 aromatic heterocycles. The van der Waals surface area contributed by atoms with E-state index in [1.165, 1.54) is 0 Å². The highest BCUT2D eigenvalue weighted by Gasteiger charge is 2.29. The fraction of sp³-hybridized carbons (Fsp3) is 0.529. The van der Waals surface area contributed by atoms with Crippen molar-refractivity contribution in [3.63, 3.8) is 0 Å². The number of aryl methyl sites for hydroxylation is 1. The van der Waals surface area contributed by atoms with Crippen molar-refractivity contribution in [3.05, 3.63) is 36.0 Å². The summed E-state index contributed by atoms with van der Waals surface area (Å²) < 4.78 is 7.46. The summed E-state index contributed by atoms with van der Waals surface area (Å²) in [5.74, 6) is 1.35. The molecule has 1 aliphatic heterocycles. The third-order valence-electron chi connectivity index (χ3n) is 4.57. The summed E-state index contributed by atoms with van der Waals surface area (Å²) in [6.07, 6.45) is 8.24. The van der Waals surface area contributed by atoms with E-state index in [4.69, 9.17) is 4.74 Å². The van der Waals surface area contributed by atoms with Crippen LogP contribution in [0.2, 0.25) is 0 Å². The van der Waals surface area contributed by atoms with Gasteiger partial charge in [-0.05, 0) is 32.3 Å². The van der Waals surface area contributed by atoms with Crippen LogP contribution >= 0.6 is 0 Å². The molecule has 8 nitrogen and oxygen atoms in total. The van der Waals surface area contributed by atoms with Crippen molar-refractivity contribution in [2.75, 3.05) is 18.5 Å². The molecule has 0 spiro atoms. The summed E-state index contributed by atoms with van der Waals surface area (Å²) in [6, 6.07) is 2.23. The molecule has 2 aromatic rings. The van der Waals surface area contributed by atoms with Crippen molar-refractivity contribution in [3.8, 4) is 0 Å². The molecule has 4 rings (SSSR count). The maximum atomic E-state index is 12.6. The maximum absolute atomic E-state index is 12.6. The van der Waals surface area contributed by atoms with Crippen LogP contribution in [-0.4, -0.2) is 51.0 Å². The lowest BCUT2D eigenvalue weighted by Crippen LogP contribution is -2.52. The van der Waals surface area contributed by atoms with Gasteiger partial charge >= 0.3 is 0 Å². The van der Waals surface area contributed by atoms with Crippen LogP contribution in [0.4, 0.5) is 5.82 Å². The number of nitrogens with one attached hydrogen (secondary N) is 2. The third-order valence-corrected chi connectivity index (χ3v) is 4.57. The minimum Gasteiger partial charge on any atom is -0.379 e. The first-order valence-electron chi connectivity index (χ1n) is 8.68. The van der Waals surface area contributed by atoms with Gasteiger partial charge in [-0.25, -0.2) is 9.97 Å². The van der Waals surface area contributed by atoms with Gasteiger partial charge in [-0.3, -0.25) is 9.48 Å². The van der Waals surface area contributed by atoms with Crippen LogP contribution in [0.3, 0.4) is 0 Å². The molecular weight excluding hydrogens is 320 g/mol. The second kappa shape index (κ2) is 6.79. The minimum atomic E-state index is -0.0931. The molecule has 1 aliphatic carbocycles. The Morgan fingerprint density at radius 2 is 2.20 bits per heavy atom. The number of hydrogen-bond donors (Lipinski definition) is 2. The molecular formula is C17H22N6O2. The second-order valence-electron chi connectivity index (χ2n) is 6.62. The van der Waals surface area contributed by atoms with Crippen LogP contribution in [0.5, 0.6) is 0 Å². The first kappa shape index (κ1) is 16.0. The van der Waals surface area contributed by atoms with E-state index in [-0.39, 0.29) is 18.0 Å². The molecule has 3 heterocycles. The van der Waals surface area contributed by atoms with Gasteiger partial charge in [0.1, 0.15) is 11.6 Å². The number of rotatable bonds is 5. The number of nitrogens with zero attached hydrogens (tertiary/aromatic N) is 4. The van der Waals surface area contributed by atoms with Crippen LogP contribution in [0.25, 0.3) is 0 Å². The van der Waals surface area contributed by atoms with E-state index in [9.17, 15) is 4.79 Å². The number of amides is 1. The number of ether oxygens (including phenoxy) is 1. The zero-order chi connectivity index (χ0) is 17.2. The Kier molecular flexibility index (Phi) is 4.35. The van der Waals surface area contributed by atoms with Gasteiger partial charge < -0.3 is 15.4 Å². The largest absolute Gasteiger partial charge is 0.379 e. The Labute approximate surface area is 146 Å². The smallest absolute Gasteiger partial charge is 0.254 e. The molecule has 0 bridgehead atoms. The van der Waals surface area contributed by atoms with Gasteiger partial charge in [-0.1, -0.05) is 0 Å². The molecule has 1 saturated carbocycles. The van der Waals surface area contributed by atoms with Crippen LogP contribution < -0.4 is 10.6 Å². The van der Waals surface area contributed by atoms with Gasteiger partial charge in [-0.15, -0.1) is 0 Å². The van der Waals surface area contributed by atoms with Gasteiger partial charge in [0.25, 0.3) is 5.91 Å². The zero-order valence-corrected chi connectivity index (χ0v) is 14.2. The number of carbonyl (C=O) groups excluding carboxylic acids is 1. The summed E-state index contributed by atoms with van der Waals surface area (Å²) in [5.41, 5.74) is 0.607. The fourth-order valence-electron chi connectivity index (χ4n) is 3.03. The molecule has 2 aliphatic rings. The minimum absolute atomic E-state index is 0.0270. The predicted molar refractivity (Wildman–Crippen MR) is 91.4 cm³/mol. The van der Waals surface area contributed by atoms with E-state index in [1.54, 1.807) is 12.4 Å². The normalized spacial score (nSPS) is 23.2. The van der Waals surface area contributed by atoms with Crippen LogP contribution in [-0.2, 0) is 4.74 Å². The van der Waals surface area contributed by atoms with Crippen LogP contribution in [0, 0.1) is 6.92 Å². The molecule has 132 valence electrons. The van der Waals surface area contributed by atoms with Gasteiger partial charge in [-0.2, -0.15) is 5.10 Å². The third kappa shape index (κ3) is 3.79. The quantitative estimate of drug-likeness (QED) is 0.851. The van der Waals surface area contributed by atoms with Crippen molar-refractivity contribution >= 4 is 11.7 Å². The standard InChI is InChI=1S/C17H22N6O2/c1-11-18-6-4-16(20-11)21-15-10-25-7-5-14(15)22-17(24)12-8-19-23(9-12)13-2-3-13/h4,6,8-9,13-15H,2-3,5,7,10H2,1H3,(H,22,24)(H,18,20,21)/t14-,15+/m0/s1. The van der Waals surface area contributed by atoms with Crippen molar-refractivity contribution in [2.24, 2.45) is 0 Å². The van der Waals surface area contributed by atoms with E-state index < -0.39 is 0 Å². The molecule has 1 amide bonds. The highest BCUT2D eigenvalue weighted by atomic mass is 16.5. The second-order valence-corrected chi connectivity index (χ2v) is 6.62. The van der Waals surface area contributed by atoms with Crippen molar-refractivity contribution in [2.45, 2.75) is 44.3 Å². The van der Waals surface area contributed by atoms with Crippen LogP contribution in [0.15, 0.2) is 24.7 Å². The lowest BCUT2D eigenvalue weighted by atomic mass is 10.0. The molecule has 0 aromatic carbocycles. The molecule has 2 atom stereocenters. The first-order chi connectivity index (χ1) is 12.2. The Morgan fingerprint density at radius 1 is 1.32 bits per heavy atom. The van der Waals surface area contributed by atoms with Gasteiger partial charge in [0.05, 0.1) is 36.5 Å². The van der Waals surface area contributed by atoms with E-state index in [0.29, 0.717) is 30.6 Å². The first-order valence-corrected chi connectivity index (χ1v) is 8.68. The highest BCUT2D eigenvalue weighted by molar-refractivity contribution is 5.94. The van der Waals surface area contributed by atoms with Crippen LogP contribution in [0.1, 0.15) is 41.5 Å². The van der Waals surface area contributed by atoms with Crippen molar-refractivity contribution in [1.82, 2.24) is 25.1 Å². The molecule has 0 unspecified atom stereocenters. The maximum Gasteiger partial charge on any atom is 0.254 e. The molecule has 2 fully saturated rings. The monoisotopic (exact) mass is 342 g/mol. The van der Waals surface area contributed by atoms with E-state index >= 15 is 0 Å². The molecule has 1 saturated heterocycles. The summed E-state index contributed by atoms with van der Waals surface area (Å²) in [7, 11) is 0. The zero-order valence-electron chi connectivity index (χ0n) is 14.2. The number of hydrogen-bond acceptors (Lipinski definition) is 6. The van der Waals surface area contributed by atoms with Gasteiger partial charge in [0.15, 0.2) is 0 Å². The Bertz CT molecular complexity index is 757. The SMILES string of the molecule is Cc1nccc(N[C@@H]2COCC[C@@H]2NC(=O)c2cnn(C3CC3)c2)n1. The molecule has 25 heavy (non-hydrogen) atoms. The number of aromatic nitrogens is 4. The number of carbonyl (C=O) groups is 1. The van der Waals surface area contributed by atoms with Gasteiger partial charge in [0, 0.05) is 19.0 Å². The predicted octanol–water partition coefficient (Wildman–Crippen LogP) is 1.32. The average Bonchev–Trinajstić information content (AvgIpc) is 3.33. The van der Waals surface area contributed by atoms with Crippen molar-refractivity contribution < 1.29 is 9.53 Å². The summed E-state index contributed by atoms with van der Waals surface area (Å²) >= 11 is 0. The molecule has 2 N–H and O–H groups in total.